The first-order chi connectivity index (χ1) is 13.7. The van der Waals surface area contributed by atoms with Crippen LogP contribution in [0.5, 0.6) is 0 Å². The van der Waals surface area contributed by atoms with Crippen LogP contribution in [0.4, 0.5) is 0 Å². The summed E-state index contributed by atoms with van der Waals surface area (Å²) in [6.07, 6.45) is 11.6. The minimum atomic E-state index is -1.15. The maximum Gasteiger partial charge on any atom is 0.333 e. The fourth-order valence-electron chi connectivity index (χ4n) is 6.50. The number of cyclic esters (lactones) is 1. The molecule has 1 N–H and O–H groups in total. The smallest absolute Gasteiger partial charge is 0.333 e. The summed E-state index contributed by atoms with van der Waals surface area (Å²) in [6.45, 7) is 12.5. The van der Waals surface area contributed by atoms with Crippen LogP contribution in [0.25, 0.3) is 0 Å². The van der Waals surface area contributed by atoms with Crippen LogP contribution in [-0.2, 0) is 14.3 Å². The molecule has 0 bridgehead atoms. The van der Waals surface area contributed by atoms with Gasteiger partial charge in [-0.1, -0.05) is 39.0 Å². The van der Waals surface area contributed by atoms with Gasteiger partial charge in [-0.05, 0) is 79.6 Å². The number of rotatable bonds is 4. The highest BCUT2D eigenvalue weighted by atomic mass is 16.6. The minimum Gasteiger partial charge on any atom is -0.429 e. The summed E-state index contributed by atoms with van der Waals surface area (Å²) in [6, 6.07) is 0. The number of carbonyl (C=O) groups excluding carboxylic acids is 1. The second-order valence-corrected chi connectivity index (χ2v) is 10.2. The van der Waals surface area contributed by atoms with Crippen molar-refractivity contribution in [2.75, 3.05) is 6.61 Å². The molecule has 0 amide bonds. The molecule has 4 aliphatic rings. The highest BCUT2D eigenvalue weighted by Gasteiger charge is 2.53. The summed E-state index contributed by atoms with van der Waals surface area (Å²) in [5.41, 5.74) is 4.01. The molecule has 2 saturated carbocycles. The molecular formula is C25H36O4. The number of allylic oxidation sites excluding steroid dienone is 1. The lowest BCUT2D eigenvalue weighted by Gasteiger charge is -2.59. The van der Waals surface area contributed by atoms with Crippen LogP contribution < -0.4 is 0 Å². The van der Waals surface area contributed by atoms with Gasteiger partial charge in [-0.25, -0.2) is 4.79 Å². The summed E-state index contributed by atoms with van der Waals surface area (Å²) in [5.74, 6) is 0.966. The fraction of sp³-hybridized carbons (Fsp3) is 0.720. The predicted molar refractivity (Wildman–Crippen MR) is 113 cm³/mol. The zero-order valence-electron chi connectivity index (χ0n) is 18.2. The number of aliphatic hydroxyl groups excluding tert-OH is 1. The molecule has 0 saturated heterocycles. The number of ether oxygens (including phenoxy) is 2. The number of fused-ring (bicyclic) bond motifs is 1. The van der Waals surface area contributed by atoms with Crippen LogP contribution in [0.1, 0.15) is 72.1 Å². The third-order valence-corrected chi connectivity index (χ3v) is 8.81. The molecule has 0 aromatic rings. The molecule has 4 nitrogen and oxygen atoms in total. The van der Waals surface area contributed by atoms with Crippen molar-refractivity contribution < 1.29 is 19.4 Å². The second kappa shape index (κ2) is 7.70. The molecule has 0 aromatic carbocycles. The van der Waals surface area contributed by atoms with Crippen molar-refractivity contribution in [1.29, 1.82) is 0 Å². The first-order valence-electron chi connectivity index (χ1n) is 11.3. The molecule has 4 heteroatoms. The van der Waals surface area contributed by atoms with Gasteiger partial charge in [-0.2, -0.15) is 0 Å². The van der Waals surface area contributed by atoms with Gasteiger partial charge in [0.2, 0.25) is 6.29 Å². The van der Waals surface area contributed by atoms with Gasteiger partial charge in [-0.3, -0.25) is 0 Å². The highest BCUT2D eigenvalue weighted by Crippen LogP contribution is 2.62. The van der Waals surface area contributed by atoms with E-state index in [1.165, 1.54) is 55.7 Å². The molecule has 4 rings (SSSR count). The maximum absolute atomic E-state index is 11.3. The van der Waals surface area contributed by atoms with Crippen molar-refractivity contribution in [3.8, 4) is 0 Å². The lowest BCUT2D eigenvalue weighted by Crippen LogP contribution is -2.50. The summed E-state index contributed by atoms with van der Waals surface area (Å²) in [4.78, 5) is 11.3. The largest absolute Gasteiger partial charge is 0.429 e. The van der Waals surface area contributed by atoms with E-state index in [2.05, 4.69) is 33.4 Å². The van der Waals surface area contributed by atoms with E-state index in [0.717, 1.165) is 18.3 Å². The highest BCUT2D eigenvalue weighted by molar-refractivity contribution is 5.85. The minimum absolute atomic E-state index is 0.255. The Morgan fingerprint density at radius 3 is 2.76 bits per heavy atom. The zero-order chi connectivity index (χ0) is 20.8. The van der Waals surface area contributed by atoms with E-state index in [1.54, 1.807) is 0 Å². The number of aliphatic hydroxyl groups is 1. The van der Waals surface area contributed by atoms with E-state index in [1.807, 2.05) is 0 Å². The van der Waals surface area contributed by atoms with E-state index in [9.17, 15) is 9.90 Å². The van der Waals surface area contributed by atoms with E-state index in [-0.39, 0.29) is 6.10 Å². The Labute approximate surface area is 175 Å². The normalized spacial score (nSPS) is 42.8. The number of hydrogen-bond donors (Lipinski definition) is 1. The maximum atomic E-state index is 11.3. The van der Waals surface area contributed by atoms with E-state index in [4.69, 9.17) is 9.47 Å². The molecule has 2 aliphatic carbocycles. The topological polar surface area (TPSA) is 55.8 Å². The summed E-state index contributed by atoms with van der Waals surface area (Å²) >= 11 is 0. The molecule has 0 spiro atoms. The summed E-state index contributed by atoms with van der Waals surface area (Å²) in [7, 11) is 0. The average Bonchev–Trinajstić information content (AvgIpc) is 3.04. The standard InChI is InChI=1S/C25H36O4/c1-16-6-5-7-21-24(16,3)12-10-17(2)25(21,4)13-11-18-8-9-20(28-15-18)19-14-22(26)29-23(19)27/h8,14,17,20-21,23,27H,1,5-7,9-13,15H2,2-4H3/t17-,20?,21-,23?,24-,25-/m1/s1. The molecule has 2 heterocycles. The first kappa shape index (κ1) is 20.9. The van der Waals surface area contributed by atoms with Crippen molar-refractivity contribution in [2.45, 2.75) is 84.5 Å². The van der Waals surface area contributed by atoms with Crippen molar-refractivity contribution in [3.05, 3.63) is 35.5 Å². The van der Waals surface area contributed by atoms with Crippen molar-refractivity contribution in [2.24, 2.45) is 22.7 Å². The van der Waals surface area contributed by atoms with Crippen LogP contribution in [0.15, 0.2) is 35.5 Å². The first-order valence-corrected chi connectivity index (χ1v) is 11.3. The molecule has 2 fully saturated rings. The lowest BCUT2D eigenvalue weighted by molar-refractivity contribution is -0.152. The summed E-state index contributed by atoms with van der Waals surface area (Å²) in [5, 5.41) is 9.85. The Morgan fingerprint density at radius 2 is 2.10 bits per heavy atom. The second-order valence-electron chi connectivity index (χ2n) is 10.2. The fourth-order valence-corrected chi connectivity index (χ4v) is 6.50. The average molecular weight is 401 g/mol. The third-order valence-electron chi connectivity index (χ3n) is 8.81. The van der Waals surface area contributed by atoms with Gasteiger partial charge in [0.25, 0.3) is 0 Å². The molecular weight excluding hydrogens is 364 g/mol. The predicted octanol–water partition coefficient (Wildman–Crippen LogP) is 5.08. The molecule has 29 heavy (non-hydrogen) atoms. The van der Waals surface area contributed by atoms with Gasteiger partial charge < -0.3 is 14.6 Å². The Bertz CT molecular complexity index is 750. The van der Waals surface area contributed by atoms with Crippen molar-refractivity contribution in [3.63, 3.8) is 0 Å². The quantitative estimate of drug-likeness (QED) is 0.528. The van der Waals surface area contributed by atoms with Gasteiger partial charge in [0.1, 0.15) is 0 Å². The number of carbonyl (C=O) groups is 1. The Hall–Kier alpha value is -1.39. The Balaban J connectivity index is 1.42. The Kier molecular flexibility index (Phi) is 5.54. The lowest BCUT2D eigenvalue weighted by atomic mass is 9.46. The van der Waals surface area contributed by atoms with E-state index in [0.29, 0.717) is 29.4 Å². The number of hydrogen-bond acceptors (Lipinski definition) is 4. The van der Waals surface area contributed by atoms with Crippen LogP contribution in [0, 0.1) is 22.7 Å². The van der Waals surface area contributed by atoms with Gasteiger partial charge in [0, 0.05) is 11.6 Å². The molecule has 0 radical (unpaired) electrons. The van der Waals surface area contributed by atoms with Crippen molar-refractivity contribution in [1.82, 2.24) is 0 Å². The van der Waals surface area contributed by atoms with Crippen LogP contribution in [0.3, 0.4) is 0 Å². The third kappa shape index (κ3) is 3.63. The molecule has 160 valence electrons. The monoisotopic (exact) mass is 400 g/mol. The van der Waals surface area contributed by atoms with Crippen LogP contribution >= 0.6 is 0 Å². The van der Waals surface area contributed by atoms with Crippen LogP contribution in [-0.4, -0.2) is 30.1 Å². The SMILES string of the molecule is C=C1CCC[C@H]2[C@](C)(CCC3=CCC(C4=CC(=O)OC4O)OC3)[C@H](C)CC[C@]12C. The number of esters is 1. The van der Waals surface area contributed by atoms with E-state index >= 15 is 0 Å². The molecule has 2 unspecified atom stereocenters. The van der Waals surface area contributed by atoms with Gasteiger partial charge in [0.15, 0.2) is 0 Å². The summed E-state index contributed by atoms with van der Waals surface area (Å²) < 4.78 is 10.8. The van der Waals surface area contributed by atoms with Gasteiger partial charge in [0.05, 0.1) is 12.7 Å². The zero-order valence-corrected chi connectivity index (χ0v) is 18.2. The molecule has 6 atom stereocenters. The van der Waals surface area contributed by atoms with E-state index < -0.39 is 12.3 Å². The van der Waals surface area contributed by atoms with Crippen molar-refractivity contribution >= 4 is 5.97 Å². The van der Waals surface area contributed by atoms with Gasteiger partial charge in [-0.15, -0.1) is 0 Å². The molecule has 0 aromatic heterocycles. The van der Waals surface area contributed by atoms with Gasteiger partial charge >= 0.3 is 5.97 Å². The Morgan fingerprint density at radius 1 is 1.31 bits per heavy atom. The van der Waals surface area contributed by atoms with Crippen LogP contribution in [0.2, 0.25) is 0 Å². The molecule has 2 aliphatic heterocycles.